The Bertz CT molecular complexity index is 1630. The largest absolute Gasteiger partial charge is 0.497 e. The van der Waals surface area contributed by atoms with Crippen molar-refractivity contribution in [3.8, 4) is 5.75 Å². The highest BCUT2D eigenvalue weighted by Crippen LogP contribution is 2.37. The smallest absolute Gasteiger partial charge is 0.338 e. The molecular formula is C24H20N4O8S. The lowest BCUT2D eigenvalue weighted by atomic mass is 9.95. The molecule has 1 atom stereocenters. The third kappa shape index (κ3) is 4.63. The lowest BCUT2D eigenvalue weighted by molar-refractivity contribution is -0.396. The van der Waals surface area contributed by atoms with Gasteiger partial charge in [0.15, 0.2) is 4.80 Å². The molecule has 37 heavy (non-hydrogen) atoms. The van der Waals surface area contributed by atoms with Gasteiger partial charge in [-0.2, -0.15) is 0 Å². The molecule has 0 unspecified atom stereocenters. The first-order valence-corrected chi connectivity index (χ1v) is 11.8. The number of thiazole rings is 1. The van der Waals surface area contributed by atoms with E-state index in [9.17, 15) is 34.9 Å². The summed E-state index contributed by atoms with van der Waals surface area (Å²) in [6.07, 6.45) is 1.25. The molecule has 0 amide bonds. The SMILES string of the molecule is CCOC(=O)C1=C(C)N=c2s/c(=C\c3cc([N+](=O)[O-])c(O)c([N+](=O)[O-])c3)c(=O)n2[C@H]1c1ccc(C)cc1. The van der Waals surface area contributed by atoms with Crippen molar-refractivity contribution in [3.05, 3.63) is 104 Å². The maximum absolute atomic E-state index is 13.6. The minimum Gasteiger partial charge on any atom is -0.497 e. The van der Waals surface area contributed by atoms with Gasteiger partial charge in [0.25, 0.3) is 11.3 Å². The molecule has 12 nitrogen and oxygen atoms in total. The van der Waals surface area contributed by atoms with Gasteiger partial charge in [0, 0.05) is 12.1 Å². The molecule has 4 rings (SSSR count). The molecule has 0 fully saturated rings. The molecular weight excluding hydrogens is 504 g/mol. The van der Waals surface area contributed by atoms with Crippen LogP contribution < -0.4 is 14.9 Å². The highest BCUT2D eigenvalue weighted by molar-refractivity contribution is 7.07. The first-order chi connectivity index (χ1) is 17.5. The third-order valence-electron chi connectivity index (χ3n) is 5.69. The Balaban J connectivity index is 1.98. The van der Waals surface area contributed by atoms with Crippen LogP contribution >= 0.6 is 11.3 Å². The van der Waals surface area contributed by atoms with Gasteiger partial charge in [-0.1, -0.05) is 41.2 Å². The van der Waals surface area contributed by atoms with Crippen LogP contribution in [0.25, 0.3) is 6.08 Å². The maximum atomic E-state index is 13.6. The van der Waals surface area contributed by atoms with Gasteiger partial charge < -0.3 is 9.84 Å². The summed E-state index contributed by atoms with van der Waals surface area (Å²) >= 11 is 0.962. The third-order valence-corrected chi connectivity index (χ3v) is 6.68. The Morgan fingerprint density at radius 2 is 1.76 bits per heavy atom. The molecule has 190 valence electrons. The van der Waals surface area contributed by atoms with Crippen molar-refractivity contribution in [1.29, 1.82) is 0 Å². The number of rotatable bonds is 6. The van der Waals surface area contributed by atoms with Crippen LogP contribution in [0.2, 0.25) is 0 Å². The number of hydrogen-bond acceptors (Lipinski definition) is 10. The van der Waals surface area contributed by atoms with Crippen LogP contribution in [0, 0.1) is 27.2 Å². The number of phenols is 1. The molecule has 2 heterocycles. The lowest BCUT2D eigenvalue weighted by Crippen LogP contribution is -2.39. The minimum atomic E-state index is -1.08. The second-order valence-corrected chi connectivity index (χ2v) is 9.14. The highest BCUT2D eigenvalue weighted by atomic mass is 32.1. The van der Waals surface area contributed by atoms with Crippen LogP contribution in [0.1, 0.15) is 36.6 Å². The molecule has 1 aliphatic heterocycles. The van der Waals surface area contributed by atoms with Gasteiger partial charge in [-0.25, -0.2) is 9.79 Å². The predicted octanol–water partition coefficient (Wildman–Crippen LogP) is 2.63. The van der Waals surface area contributed by atoms with Gasteiger partial charge in [-0.05, 0) is 38.0 Å². The van der Waals surface area contributed by atoms with E-state index >= 15 is 0 Å². The van der Waals surface area contributed by atoms with Crippen LogP contribution in [-0.4, -0.2) is 32.1 Å². The molecule has 2 aromatic carbocycles. The molecule has 13 heteroatoms. The lowest BCUT2D eigenvalue weighted by Gasteiger charge is -2.24. The van der Waals surface area contributed by atoms with E-state index in [1.54, 1.807) is 26.0 Å². The summed E-state index contributed by atoms with van der Waals surface area (Å²) in [5, 5.41) is 32.6. The number of esters is 1. The van der Waals surface area contributed by atoms with Crippen LogP contribution in [0.15, 0.2) is 57.5 Å². The summed E-state index contributed by atoms with van der Waals surface area (Å²) in [7, 11) is 0. The van der Waals surface area contributed by atoms with E-state index in [4.69, 9.17) is 4.74 Å². The summed E-state index contributed by atoms with van der Waals surface area (Å²) < 4.78 is 6.65. The summed E-state index contributed by atoms with van der Waals surface area (Å²) in [5.74, 6) is -1.70. The molecule has 0 spiro atoms. The molecule has 0 aliphatic carbocycles. The van der Waals surface area contributed by atoms with Crippen LogP contribution in [0.3, 0.4) is 0 Å². The van der Waals surface area contributed by atoms with Gasteiger partial charge in [0.1, 0.15) is 0 Å². The number of hydrogen-bond donors (Lipinski definition) is 1. The Kier molecular flexibility index (Phi) is 6.72. The normalized spacial score (nSPS) is 15.2. The number of carbonyl (C=O) groups excluding carboxylic acids is 1. The van der Waals surface area contributed by atoms with Crippen molar-refractivity contribution in [3.63, 3.8) is 0 Å². The fraction of sp³-hybridized carbons (Fsp3) is 0.208. The quantitative estimate of drug-likeness (QED) is 0.292. The predicted molar refractivity (Wildman–Crippen MR) is 133 cm³/mol. The average molecular weight is 525 g/mol. The number of nitro groups is 2. The number of nitrogens with zero attached hydrogens (tertiary/aromatic N) is 4. The van der Waals surface area contributed by atoms with E-state index in [1.165, 1.54) is 10.6 Å². The molecule has 1 aromatic heterocycles. The van der Waals surface area contributed by atoms with Gasteiger partial charge in [-0.3, -0.25) is 29.6 Å². The molecule has 1 N–H and O–H groups in total. The van der Waals surface area contributed by atoms with Gasteiger partial charge in [0.2, 0.25) is 0 Å². The number of nitro benzene ring substituents is 2. The zero-order chi connectivity index (χ0) is 27.0. The molecule has 3 aromatic rings. The topological polar surface area (TPSA) is 167 Å². The maximum Gasteiger partial charge on any atom is 0.338 e. The second-order valence-electron chi connectivity index (χ2n) is 8.13. The first-order valence-electron chi connectivity index (χ1n) is 11.0. The molecule has 0 saturated heterocycles. The number of aromatic nitrogens is 1. The number of fused-ring (bicyclic) bond motifs is 1. The second kappa shape index (κ2) is 9.78. The van der Waals surface area contributed by atoms with E-state index < -0.39 is 44.5 Å². The Labute approximate surface area is 212 Å². The number of carbonyl (C=O) groups is 1. The highest BCUT2D eigenvalue weighted by Gasteiger charge is 2.33. The van der Waals surface area contributed by atoms with E-state index in [1.807, 2.05) is 19.1 Å². The Morgan fingerprint density at radius 3 is 2.30 bits per heavy atom. The standard InChI is InChI=1S/C24H20N4O8S/c1-4-36-23(31)19-13(3)25-24-26(20(19)15-7-5-12(2)6-8-15)22(30)18(37-24)11-14-9-16(27(32)33)21(29)17(10-14)28(34)35/h5-11,20,29H,4H2,1-3H3/b18-11-/t20-/m0/s1. The number of benzene rings is 2. The van der Waals surface area contributed by atoms with Crippen LogP contribution in [0.4, 0.5) is 11.4 Å². The average Bonchev–Trinajstić information content (AvgIpc) is 3.13. The minimum absolute atomic E-state index is 0.0327. The molecule has 0 saturated carbocycles. The van der Waals surface area contributed by atoms with Crippen molar-refractivity contribution < 1.29 is 24.5 Å². The van der Waals surface area contributed by atoms with Crippen LogP contribution in [0.5, 0.6) is 5.75 Å². The fourth-order valence-corrected chi connectivity index (χ4v) is 5.04. The van der Waals surface area contributed by atoms with Crippen LogP contribution in [-0.2, 0) is 9.53 Å². The van der Waals surface area contributed by atoms with Gasteiger partial charge >= 0.3 is 17.3 Å². The zero-order valence-corrected chi connectivity index (χ0v) is 20.6. The molecule has 0 bridgehead atoms. The van der Waals surface area contributed by atoms with Crippen molar-refractivity contribution in [2.75, 3.05) is 6.61 Å². The Morgan fingerprint density at radius 1 is 1.16 bits per heavy atom. The van der Waals surface area contributed by atoms with E-state index in [2.05, 4.69) is 4.99 Å². The number of allylic oxidation sites excluding steroid dienone is 1. The summed E-state index contributed by atoms with van der Waals surface area (Å²) in [6.45, 7) is 5.33. The van der Waals surface area contributed by atoms with E-state index in [0.717, 1.165) is 29.0 Å². The number of aromatic hydroxyl groups is 1. The summed E-state index contributed by atoms with van der Waals surface area (Å²) in [6, 6.07) is 8.31. The zero-order valence-electron chi connectivity index (χ0n) is 19.8. The molecule has 0 radical (unpaired) electrons. The monoisotopic (exact) mass is 524 g/mol. The fourth-order valence-electron chi connectivity index (χ4n) is 3.99. The summed E-state index contributed by atoms with van der Waals surface area (Å²) in [4.78, 5) is 51.9. The van der Waals surface area contributed by atoms with Crippen molar-refractivity contribution in [2.24, 2.45) is 4.99 Å². The first kappa shape index (κ1) is 25.4. The van der Waals surface area contributed by atoms with Crippen molar-refractivity contribution in [1.82, 2.24) is 4.57 Å². The Hall–Kier alpha value is -4.65. The number of phenolic OH excluding ortho intramolecular Hbond substituents is 1. The van der Waals surface area contributed by atoms with E-state index in [-0.39, 0.29) is 27.1 Å². The van der Waals surface area contributed by atoms with E-state index in [0.29, 0.717) is 11.3 Å². The number of aryl methyl sites for hydroxylation is 1. The summed E-state index contributed by atoms with van der Waals surface area (Å²) in [5.41, 5.74) is -0.140. The van der Waals surface area contributed by atoms with Gasteiger partial charge in [0.05, 0.1) is 38.3 Å². The number of ether oxygens (including phenoxy) is 1. The van der Waals surface area contributed by atoms with Crippen molar-refractivity contribution in [2.45, 2.75) is 26.8 Å². The van der Waals surface area contributed by atoms with Crippen molar-refractivity contribution >= 4 is 34.8 Å². The van der Waals surface area contributed by atoms with Gasteiger partial charge in [-0.15, -0.1) is 0 Å². The molecule has 1 aliphatic rings.